The maximum atomic E-state index is 12.0. The summed E-state index contributed by atoms with van der Waals surface area (Å²) in [6, 6.07) is 5.23. The molecule has 1 aromatic rings. The molecule has 0 aromatic heterocycles. The number of methoxy groups -OCH3 is 2. The van der Waals surface area contributed by atoms with Gasteiger partial charge in [-0.15, -0.1) is 0 Å². The topological polar surface area (TPSA) is 79.9 Å². The van der Waals surface area contributed by atoms with Gasteiger partial charge < -0.3 is 14.8 Å². The zero-order valence-corrected chi connectivity index (χ0v) is 13.7. The lowest BCUT2D eigenvalue weighted by atomic mass is 10.0. The monoisotopic (exact) mass is 321 g/mol. The molecular weight excluding hydrogens is 298 g/mol. The van der Waals surface area contributed by atoms with Crippen LogP contribution in [0.5, 0.6) is 11.5 Å². The van der Waals surface area contributed by atoms with Gasteiger partial charge in [0.1, 0.15) is 11.5 Å². The lowest BCUT2D eigenvalue weighted by molar-refractivity contribution is -0.121. The number of ether oxygens (including phenoxy) is 2. The number of benzene rings is 1. The van der Waals surface area contributed by atoms with Gasteiger partial charge in [0.25, 0.3) is 0 Å². The standard InChI is InChI=1S/C16H23N3O4/c1-17-16(21)18-15(20)10-19-8-4-5-13(19)12-9-11(22-2)6-7-14(12)23-3/h6-7,9,13H,4-5,8,10H2,1-3H3,(H2,17,18,20,21)/t13-/m0/s1. The van der Waals surface area contributed by atoms with E-state index in [0.29, 0.717) is 0 Å². The van der Waals surface area contributed by atoms with Crippen molar-refractivity contribution in [3.05, 3.63) is 23.8 Å². The maximum Gasteiger partial charge on any atom is 0.321 e. The molecule has 1 aliphatic rings. The van der Waals surface area contributed by atoms with Crippen molar-refractivity contribution < 1.29 is 19.1 Å². The first-order valence-corrected chi connectivity index (χ1v) is 7.56. The van der Waals surface area contributed by atoms with Crippen LogP contribution >= 0.6 is 0 Å². The third-order valence-corrected chi connectivity index (χ3v) is 3.99. The summed E-state index contributed by atoms with van der Waals surface area (Å²) >= 11 is 0. The van der Waals surface area contributed by atoms with E-state index in [1.165, 1.54) is 7.05 Å². The molecule has 2 rings (SSSR count). The molecule has 1 aromatic carbocycles. The first kappa shape index (κ1) is 17.1. The minimum Gasteiger partial charge on any atom is -0.497 e. The average molecular weight is 321 g/mol. The molecule has 0 unspecified atom stereocenters. The number of carbonyl (C=O) groups excluding carboxylic acids is 2. The second kappa shape index (κ2) is 7.82. The Labute approximate surface area is 135 Å². The molecule has 126 valence electrons. The van der Waals surface area contributed by atoms with Crippen molar-refractivity contribution in [2.45, 2.75) is 18.9 Å². The summed E-state index contributed by atoms with van der Waals surface area (Å²) in [4.78, 5) is 25.2. The highest BCUT2D eigenvalue weighted by Crippen LogP contribution is 2.38. The zero-order valence-electron chi connectivity index (χ0n) is 13.7. The number of hydrogen-bond acceptors (Lipinski definition) is 5. The smallest absolute Gasteiger partial charge is 0.321 e. The second-order valence-corrected chi connectivity index (χ2v) is 5.36. The molecule has 0 spiro atoms. The Hall–Kier alpha value is -2.28. The molecule has 1 fully saturated rings. The van der Waals surface area contributed by atoms with Gasteiger partial charge in [-0.1, -0.05) is 0 Å². The highest BCUT2D eigenvalue weighted by molar-refractivity contribution is 5.95. The van der Waals surface area contributed by atoms with Crippen LogP contribution in [0.2, 0.25) is 0 Å². The number of nitrogens with zero attached hydrogens (tertiary/aromatic N) is 1. The van der Waals surface area contributed by atoms with Crippen LogP contribution in [0.25, 0.3) is 0 Å². The van der Waals surface area contributed by atoms with Gasteiger partial charge in [0.2, 0.25) is 5.91 Å². The lowest BCUT2D eigenvalue weighted by Crippen LogP contribution is -2.43. The van der Waals surface area contributed by atoms with Crippen molar-refractivity contribution in [1.29, 1.82) is 0 Å². The Kier molecular flexibility index (Phi) is 5.81. The summed E-state index contributed by atoms with van der Waals surface area (Å²) in [5.74, 6) is 1.20. The van der Waals surface area contributed by atoms with Gasteiger partial charge in [-0.25, -0.2) is 4.79 Å². The molecule has 7 nitrogen and oxygen atoms in total. The van der Waals surface area contributed by atoms with Crippen LogP contribution in [0.3, 0.4) is 0 Å². The number of imide groups is 1. The van der Waals surface area contributed by atoms with E-state index in [1.54, 1.807) is 14.2 Å². The summed E-state index contributed by atoms with van der Waals surface area (Å²) in [6.07, 6.45) is 1.91. The molecule has 0 aliphatic carbocycles. The van der Waals surface area contributed by atoms with E-state index in [0.717, 1.165) is 36.4 Å². The first-order chi connectivity index (χ1) is 11.1. The van der Waals surface area contributed by atoms with Crippen LogP contribution in [-0.4, -0.2) is 51.2 Å². The fourth-order valence-corrected chi connectivity index (χ4v) is 2.88. The Morgan fingerprint density at radius 1 is 1.30 bits per heavy atom. The van der Waals surface area contributed by atoms with E-state index in [2.05, 4.69) is 15.5 Å². The van der Waals surface area contributed by atoms with Crippen LogP contribution in [0.1, 0.15) is 24.4 Å². The van der Waals surface area contributed by atoms with E-state index in [-0.39, 0.29) is 18.5 Å². The van der Waals surface area contributed by atoms with Crippen LogP contribution in [0.4, 0.5) is 4.79 Å². The third-order valence-electron chi connectivity index (χ3n) is 3.99. The molecule has 1 heterocycles. The SMILES string of the molecule is CNC(=O)NC(=O)CN1CCC[C@H]1c1cc(OC)ccc1OC. The van der Waals surface area contributed by atoms with Crippen molar-refractivity contribution in [1.82, 2.24) is 15.5 Å². The highest BCUT2D eigenvalue weighted by atomic mass is 16.5. The normalized spacial score (nSPS) is 17.6. The van der Waals surface area contributed by atoms with E-state index >= 15 is 0 Å². The fourth-order valence-electron chi connectivity index (χ4n) is 2.88. The Balaban J connectivity index is 2.15. The predicted octanol–water partition coefficient (Wildman–Crippen LogP) is 1.30. The summed E-state index contributed by atoms with van der Waals surface area (Å²) < 4.78 is 10.7. The molecular formula is C16H23N3O4. The molecule has 1 aliphatic heterocycles. The molecule has 3 amide bonds. The minimum atomic E-state index is -0.496. The largest absolute Gasteiger partial charge is 0.497 e. The number of nitrogens with one attached hydrogen (secondary N) is 2. The van der Waals surface area contributed by atoms with E-state index in [1.807, 2.05) is 18.2 Å². The fraction of sp³-hybridized carbons (Fsp3) is 0.500. The summed E-state index contributed by atoms with van der Waals surface area (Å²) in [6.45, 7) is 0.963. The quantitative estimate of drug-likeness (QED) is 0.854. The van der Waals surface area contributed by atoms with Gasteiger partial charge in [-0.3, -0.25) is 15.0 Å². The van der Waals surface area contributed by atoms with Crippen LogP contribution in [-0.2, 0) is 4.79 Å². The maximum absolute atomic E-state index is 12.0. The van der Waals surface area contributed by atoms with Gasteiger partial charge in [-0.05, 0) is 37.6 Å². The number of hydrogen-bond donors (Lipinski definition) is 2. The molecule has 0 radical (unpaired) electrons. The number of amides is 3. The highest BCUT2D eigenvalue weighted by Gasteiger charge is 2.30. The van der Waals surface area contributed by atoms with Gasteiger partial charge in [0, 0.05) is 18.7 Å². The minimum absolute atomic E-state index is 0.0653. The third kappa shape index (κ3) is 4.13. The van der Waals surface area contributed by atoms with Crippen molar-refractivity contribution in [3.63, 3.8) is 0 Å². The Morgan fingerprint density at radius 3 is 2.74 bits per heavy atom. The van der Waals surface area contributed by atoms with Crippen molar-refractivity contribution in [3.8, 4) is 11.5 Å². The Morgan fingerprint density at radius 2 is 2.09 bits per heavy atom. The summed E-state index contributed by atoms with van der Waals surface area (Å²) in [5, 5.41) is 4.66. The van der Waals surface area contributed by atoms with E-state index < -0.39 is 6.03 Å². The average Bonchev–Trinajstić information content (AvgIpc) is 3.01. The number of rotatable bonds is 5. The first-order valence-electron chi connectivity index (χ1n) is 7.56. The second-order valence-electron chi connectivity index (χ2n) is 5.36. The predicted molar refractivity (Wildman–Crippen MR) is 85.7 cm³/mol. The number of likely N-dealkylation sites (tertiary alicyclic amines) is 1. The van der Waals surface area contributed by atoms with Gasteiger partial charge in [-0.2, -0.15) is 0 Å². The molecule has 0 bridgehead atoms. The molecule has 0 saturated carbocycles. The molecule has 23 heavy (non-hydrogen) atoms. The van der Waals surface area contributed by atoms with Crippen LogP contribution in [0, 0.1) is 0 Å². The van der Waals surface area contributed by atoms with Crippen molar-refractivity contribution in [2.75, 3.05) is 34.4 Å². The van der Waals surface area contributed by atoms with Gasteiger partial charge >= 0.3 is 6.03 Å². The zero-order chi connectivity index (χ0) is 16.8. The Bertz CT molecular complexity index is 576. The molecule has 7 heteroatoms. The van der Waals surface area contributed by atoms with Crippen LogP contribution in [0.15, 0.2) is 18.2 Å². The van der Waals surface area contributed by atoms with Gasteiger partial charge in [0.05, 0.1) is 20.8 Å². The van der Waals surface area contributed by atoms with E-state index in [9.17, 15) is 9.59 Å². The van der Waals surface area contributed by atoms with Crippen LogP contribution < -0.4 is 20.1 Å². The molecule has 1 atom stereocenters. The molecule has 2 N–H and O–H groups in total. The number of urea groups is 1. The lowest BCUT2D eigenvalue weighted by Gasteiger charge is -2.25. The van der Waals surface area contributed by atoms with Gasteiger partial charge in [0.15, 0.2) is 0 Å². The summed E-state index contributed by atoms with van der Waals surface area (Å²) in [7, 11) is 4.72. The molecule has 1 saturated heterocycles. The summed E-state index contributed by atoms with van der Waals surface area (Å²) in [5.41, 5.74) is 0.997. The van der Waals surface area contributed by atoms with Crippen molar-refractivity contribution in [2.24, 2.45) is 0 Å². The number of carbonyl (C=O) groups is 2. The van der Waals surface area contributed by atoms with Crippen molar-refractivity contribution >= 4 is 11.9 Å². The van der Waals surface area contributed by atoms with E-state index in [4.69, 9.17) is 9.47 Å².